The zero-order chi connectivity index (χ0) is 10.7. The molecule has 4 nitrogen and oxygen atoms in total. The minimum absolute atomic E-state index is 0.443. The molecule has 0 bridgehead atoms. The second-order valence-electron chi connectivity index (χ2n) is 3.06. The molecule has 78 valence electrons. The molecule has 0 aliphatic carbocycles. The lowest BCUT2D eigenvalue weighted by Gasteiger charge is -2.15. The molecule has 0 spiro atoms. The van der Waals surface area contributed by atoms with Crippen LogP contribution < -0.4 is 4.90 Å². The van der Waals surface area contributed by atoms with Crippen molar-refractivity contribution in [2.45, 2.75) is 6.54 Å². The average Bonchev–Trinajstić information content (AvgIpc) is 2.66. The second-order valence-corrected chi connectivity index (χ2v) is 3.94. The van der Waals surface area contributed by atoms with E-state index in [4.69, 9.17) is 11.6 Å². The second kappa shape index (κ2) is 4.55. The van der Waals surface area contributed by atoms with Crippen LogP contribution in [0.2, 0.25) is 5.15 Å². The molecule has 2 rings (SSSR count). The van der Waals surface area contributed by atoms with Crippen molar-refractivity contribution in [1.82, 2.24) is 13.7 Å². The molecule has 0 atom stereocenters. The minimum Gasteiger partial charge on any atom is -0.350 e. The van der Waals surface area contributed by atoms with E-state index < -0.39 is 0 Å². The molecule has 2 heterocycles. The van der Waals surface area contributed by atoms with Gasteiger partial charge in [-0.15, -0.1) is 0 Å². The molecule has 15 heavy (non-hydrogen) atoms. The highest BCUT2D eigenvalue weighted by atomic mass is 35.5. The number of nitrogens with zero attached hydrogens (tertiary/aromatic N) is 4. The summed E-state index contributed by atoms with van der Waals surface area (Å²) < 4.78 is 8.02. The Labute approximate surface area is 96.9 Å². The standard InChI is InChI=1S/C9H9ClN4S/c1-14(9-8(10)12-15-13-9)6-7-4-2-3-5-11-7/h2-5H,6H2,1H3. The Hall–Kier alpha value is -1.20. The fourth-order valence-electron chi connectivity index (χ4n) is 1.21. The molecule has 0 unspecified atom stereocenters. The van der Waals surface area contributed by atoms with E-state index in [-0.39, 0.29) is 0 Å². The first-order chi connectivity index (χ1) is 7.27. The van der Waals surface area contributed by atoms with Crippen molar-refractivity contribution in [3.8, 4) is 0 Å². The Morgan fingerprint density at radius 2 is 2.27 bits per heavy atom. The highest BCUT2D eigenvalue weighted by Crippen LogP contribution is 2.22. The van der Waals surface area contributed by atoms with E-state index >= 15 is 0 Å². The molecule has 0 aliphatic rings. The van der Waals surface area contributed by atoms with Crippen molar-refractivity contribution in [3.05, 3.63) is 35.2 Å². The van der Waals surface area contributed by atoms with Crippen molar-refractivity contribution in [2.75, 3.05) is 11.9 Å². The summed E-state index contributed by atoms with van der Waals surface area (Å²) in [6.45, 7) is 0.673. The van der Waals surface area contributed by atoms with Crippen LogP contribution in [0.1, 0.15) is 5.69 Å². The third kappa shape index (κ3) is 2.43. The Balaban J connectivity index is 2.11. The SMILES string of the molecule is CN(Cc1ccccn1)c1nsnc1Cl. The number of hydrogen-bond donors (Lipinski definition) is 0. The van der Waals surface area contributed by atoms with E-state index in [1.807, 2.05) is 30.1 Å². The van der Waals surface area contributed by atoms with Crippen LogP contribution in [0.15, 0.2) is 24.4 Å². The Morgan fingerprint density at radius 3 is 2.87 bits per heavy atom. The van der Waals surface area contributed by atoms with Crippen molar-refractivity contribution in [3.63, 3.8) is 0 Å². The highest BCUT2D eigenvalue weighted by Gasteiger charge is 2.10. The molecule has 2 aromatic rings. The van der Waals surface area contributed by atoms with Gasteiger partial charge in [-0.2, -0.15) is 8.75 Å². The van der Waals surface area contributed by atoms with Crippen LogP contribution in [0.4, 0.5) is 5.82 Å². The summed E-state index contributed by atoms with van der Waals surface area (Å²) in [6.07, 6.45) is 1.77. The van der Waals surface area contributed by atoms with E-state index in [2.05, 4.69) is 13.7 Å². The maximum Gasteiger partial charge on any atom is 0.187 e. The van der Waals surface area contributed by atoms with E-state index in [1.54, 1.807) is 6.20 Å². The van der Waals surface area contributed by atoms with Crippen molar-refractivity contribution in [2.24, 2.45) is 0 Å². The first-order valence-corrected chi connectivity index (χ1v) is 5.47. The first kappa shape index (κ1) is 10.3. The van der Waals surface area contributed by atoms with Crippen LogP contribution in [-0.2, 0) is 6.54 Å². The lowest BCUT2D eigenvalue weighted by atomic mass is 10.3. The average molecular weight is 241 g/mol. The van der Waals surface area contributed by atoms with Crippen molar-refractivity contribution >= 4 is 29.1 Å². The molecule has 0 aliphatic heterocycles. The van der Waals surface area contributed by atoms with E-state index in [9.17, 15) is 0 Å². The van der Waals surface area contributed by atoms with Gasteiger partial charge in [-0.25, -0.2) is 0 Å². The van der Waals surface area contributed by atoms with Crippen LogP contribution in [0.3, 0.4) is 0 Å². The van der Waals surface area contributed by atoms with Crippen molar-refractivity contribution in [1.29, 1.82) is 0 Å². The van der Waals surface area contributed by atoms with Crippen LogP contribution in [-0.4, -0.2) is 20.8 Å². The summed E-state index contributed by atoms with van der Waals surface area (Å²) in [5.74, 6) is 0.701. The summed E-state index contributed by atoms with van der Waals surface area (Å²) in [5, 5.41) is 0.443. The first-order valence-electron chi connectivity index (χ1n) is 4.36. The van der Waals surface area contributed by atoms with Crippen molar-refractivity contribution < 1.29 is 0 Å². The third-order valence-corrected chi connectivity index (χ3v) is 2.79. The molecule has 0 N–H and O–H groups in total. The fourth-order valence-corrected chi connectivity index (χ4v) is 2.04. The van der Waals surface area contributed by atoms with Crippen LogP contribution in [0.5, 0.6) is 0 Å². The van der Waals surface area contributed by atoms with Crippen LogP contribution in [0, 0.1) is 0 Å². The maximum atomic E-state index is 5.88. The third-order valence-electron chi connectivity index (χ3n) is 1.92. The number of pyridine rings is 1. The quantitative estimate of drug-likeness (QED) is 0.825. The van der Waals surface area contributed by atoms with Crippen LogP contribution >= 0.6 is 23.3 Å². The molecule has 6 heteroatoms. The highest BCUT2D eigenvalue weighted by molar-refractivity contribution is 6.99. The predicted molar refractivity (Wildman–Crippen MR) is 61.3 cm³/mol. The fraction of sp³-hybridized carbons (Fsp3) is 0.222. The van der Waals surface area contributed by atoms with Gasteiger partial charge in [-0.3, -0.25) is 4.98 Å². The number of rotatable bonds is 3. The van der Waals surface area contributed by atoms with Gasteiger partial charge in [-0.05, 0) is 12.1 Å². The number of anilines is 1. The lowest BCUT2D eigenvalue weighted by molar-refractivity contribution is 0.873. The summed E-state index contributed by atoms with van der Waals surface area (Å²) in [5.41, 5.74) is 0.976. The zero-order valence-electron chi connectivity index (χ0n) is 8.09. The summed E-state index contributed by atoms with van der Waals surface area (Å²) in [6, 6.07) is 5.81. The summed E-state index contributed by atoms with van der Waals surface area (Å²) >= 11 is 6.99. The van der Waals surface area contributed by atoms with Gasteiger partial charge in [0.15, 0.2) is 11.0 Å². The zero-order valence-corrected chi connectivity index (χ0v) is 9.66. The molecule has 0 saturated heterocycles. The summed E-state index contributed by atoms with van der Waals surface area (Å²) in [7, 11) is 1.91. The van der Waals surface area contributed by atoms with Crippen LogP contribution in [0.25, 0.3) is 0 Å². The molecular formula is C9H9ClN4S. The topological polar surface area (TPSA) is 41.9 Å². The molecule has 2 aromatic heterocycles. The van der Waals surface area contributed by atoms with E-state index in [1.165, 1.54) is 0 Å². The van der Waals surface area contributed by atoms with Gasteiger partial charge in [-0.1, -0.05) is 17.7 Å². The van der Waals surface area contributed by atoms with Gasteiger partial charge in [0.1, 0.15) is 0 Å². The number of halogens is 1. The predicted octanol–water partition coefficient (Wildman–Crippen LogP) is 2.22. The molecule has 0 radical (unpaired) electrons. The van der Waals surface area contributed by atoms with E-state index in [0.29, 0.717) is 17.5 Å². The van der Waals surface area contributed by atoms with Gasteiger partial charge in [0, 0.05) is 13.2 Å². The summed E-state index contributed by atoms with van der Waals surface area (Å²) in [4.78, 5) is 6.15. The van der Waals surface area contributed by atoms with Gasteiger partial charge in [0.05, 0.1) is 24.0 Å². The Morgan fingerprint density at radius 1 is 1.40 bits per heavy atom. The maximum absolute atomic E-state index is 5.88. The largest absolute Gasteiger partial charge is 0.350 e. The molecule has 0 saturated carbocycles. The normalized spacial score (nSPS) is 10.3. The number of hydrogen-bond acceptors (Lipinski definition) is 5. The monoisotopic (exact) mass is 240 g/mol. The minimum atomic E-state index is 0.443. The van der Waals surface area contributed by atoms with Gasteiger partial charge >= 0.3 is 0 Å². The molecule has 0 aromatic carbocycles. The molecule has 0 fully saturated rings. The van der Waals surface area contributed by atoms with Gasteiger partial charge in [0.25, 0.3) is 0 Å². The Bertz CT molecular complexity index is 431. The molecular weight excluding hydrogens is 232 g/mol. The Kier molecular flexibility index (Phi) is 3.13. The number of aromatic nitrogens is 3. The lowest BCUT2D eigenvalue weighted by Crippen LogP contribution is -2.17. The van der Waals surface area contributed by atoms with Gasteiger partial charge < -0.3 is 4.90 Å². The van der Waals surface area contributed by atoms with E-state index in [0.717, 1.165) is 17.4 Å². The molecule has 0 amide bonds. The smallest absolute Gasteiger partial charge is 0.187 e. The van der Waals surface area contributed by atoms with Gasteiger partial charge in [0.2, 0.25) is 0 Å².